The van der Waals surface area contributed by atoms with Gasteiger partial charge < -0.3 is 10.2 Å². The quantitative estimate of drug-likeness (QED) is 0.869. The Balaban J connectivity index is 1.65. The summed E-state index contributed by atoms with van der Waals surface area (Å²) in [5.74, 6) is 0.256. The predicted octanol–water partition coefficient (Wildman–Crippen LogP) is 3.71. The minimum atomic E-state index is 0.0744. The Bertz CT molecular complexity index is 617. The van der Waals surface area contributed by atoms with E-state index in [1.807, 2.05) is 0 Å². The second kappa shape index (κ2) is 5.38. The van der Waals surface area contributed by atoms with Crippen LogP contribution in [0.1, 0.15) is 41.8 Å². The molecule has 0 bridgehead atoms. The summed E-state index contributed by atoms with van der Waals surface area (Å²) in [7, 11) is 0. The molecule has 1 N–H and O–H groups in total. The molecule has 0 radical (unpaired) electrons. The molecule has 1 spiro atoms. The van der Waals surface area contributed by atoms with Crippen LogP contribution in [0.25, 0.3) is 9.40 Å². The van der Waals surface area contributed by atoms with Gasteiger partial charge in [-0.3, -0.25) is 4.79 Å². The fourth-order valence-electron chi connectivity index (χ4n) is 3.82. The first-order valence-corrected chi connectivity index (χ1v) is 9.48. The molecule has 5 heteroatoms. The maximum atomic E-state index is 13.1. The molecule has 4 rings (SSSR count). The van der Waals surface area contributed by atoms with Crippen LogP contribution in [0.15, 0.2) is 17.5 Å². The van der Waals surface area contributed by atoms with Crippen LogP contribution in [-0.2, 0) is 0 Å². The fraction of sp³-hybridized carbons (Fsp3) is 0.562. The maximum Gasteiger partial charge on any atom is 0.264 e. The summed E-state index contributed by atoms with van der Waals surface area (Å²) in [6, 6.07) is 4.21. The second-order valence-electron chi connectivity index (χ2n) is 6.18. The Morgan fingerprint density at radius 1 is 1.24 bits per heavy atom. The number of hydrogen-bond acceptors (Lipinski definition) is 4. The van der Waals surface area contributed by atoms with E-state index in [9.17, 15) is 4.79 Å². The molecule has 0 atom stereocenters. The molecule has 2 aliphatic rings. The monoisotopic (exact) mass is 320 g/mol. The number of hydrogen-bond donors (Lipinski definition) is 1. The maximum absolute atomic E-state index is 13.1. The lowest BCUT2D eigenvalue weighted by atomic mass is 9.79. The van der Waals surface area contributed by atoms with E-state index in [0.29, 0.717) is 0 Å². The van der Waals surface area contributed by atoms with Crippen molar-refractivity contribution in [1.82, 2.24) is 10.2 Å². The summed E-state index contributed by atoms with van der Waals surface area (Å²) >= 11 is 3.38. The van der Waals surface area contributed by atoms with E-state index in [4.69, 9.17) is 0 Å². The normalized spacial score (nSPS) is 22.0. The van der Waals surface area contributed by atoms with Crippen molar-refractivity contribution in [2.45, 2.75) is 37.6 Å². The second-order valence-corrected chi connectivity index (χ2v) is 8.21. The Kier molecular flexibility index (Phi) is 3.52. The average molecular weight is 320 g/mol. The zero-order valence-corrected chi connectivity index (χ0v) is 13.7. The highest BCUT2D eigenvalue weighted by atomic mass is 32.1. The highest BCUT2D eigenvalue weighted by molar-refractivity contribution is 7.27. The van der Waals surface area contributed by atoms with Gasteiger partial charge in [0.05, 0.1) is 10.4 Å². The number of piperazine rings is 1. The number of rotatable bonds is 1. The molecule has 0 aromatic carbocycles. The van der Waals surface area contributed by atoms with E-state index >= 15 is 0 Å². The summed E-state index contributed by atoms with van der Waals surface area (Å²) < 4.78 is 2.49. The first-order valence-electron chi connectivity index (χ1n) is 7.78. The van der Waals surface area contributed by atoms with Gasteiger partial charge in [-0.05, 0) is 30.4 Å². The third-order valence-electron chi connectivity index (χ3n) is 4.92. The van der Waals surface area contributed by atoms with Crippen LogP contribution in [0.2, 0.25) is 0 Å². The van der Waals surface area contributed by atoms with Crippen molar-refractivity contribution in [1.29, 1.82) is 0 Å². The highest BCUT2D eigenvalue weighted by Crippen LogP contribution is 2.37. The third-order valence-corrected chi connectivity index (χ3v) is 7.00. The minimum Gasteiger partial charge on any atom is -0.330 e. The van der Waals surface area contributed by atoms with E-state index in [0.717, 1.165) is 37.4 Å². The standard InChI is InChI=1S/C16H20N2OS2/c19-15(14-10-13-12(21-14)4-9-20-13)18-8-7-17-11-16(18)5-2-1-3-6-16/h4,9-10,17H,1-3,5-8,11H2. The van der Waals surface area contributed by atoms with Crippen molar-refractivity contribution in [3.05, 3.63) is 22.4 Å². The lowest BCUT2D eigenvalue weighted by Crippen LogP contribution is -2.63. The van der Waals surface area contributed by atoms with Crippen molar-refractivity contribution in [2.24, 2.45) is 0 Å². The van der Waals surface area contributed by atoms with Crippen LogP contribution >= 0.6 is 22.7 Å². The summed E-state index contributed by atoms with van der Waals surface area (Å²) in [4.78, 5) is 16.2. The molecule has 112 valence electrons. The average Bonchev–Trinajstić information content (AvgIpc) is 3.09. The molecule has 1 saturated carbocycles. The van der Waals surface area contributed by atoms with Gasteiger partial charge in [0, 0.05) is 29.0 Å². The van der Waals surface area contributed by atoms with Crippen LogP contribution in [-0.4, -0.2) is 36.0 Å². The SMILES string of the molecule is O=C(c1cc2sccc2s1)N1CCNCC12CCCCC2. The van der Waals surface area contributed by atoms with Crippen molar-refractivity contribution >= 4 is 38.0 Å². The molecule has 1 saturated heterocycles. The predicted molar refractivity (Wildman–Crippen MR) is 89.4 cm³/mol. The Morgan fingerprint density at radius 3 is 2.90 bits per heavy atom. The molecule has 1 aliphatic carbocycles. The lowest BCUT2D eigenvalue weighted by Gasteiger charge is -2.49. The van der Waals surface area contributed by atoms with E-state index in [1.54, 1.807) is 22.7 Å². The molecule has 3 heterocycles. The molecular formula is C16H20N2OS2. The van der Waals surface area contributed by atoms with Crippen molar-refractivity contribution in [2.75, 3.05) is 19.6 Å². The minimum absolute atomic E-state index is 0.0744. The first-order chi connectivity index (χ1) is 10.3. The third kappa shape index (κ3) is 2.31. The van der Waals surface area contributed by atoms with Crippen LogP contribution < -0.4 is 5.32 Å². The number of carbonyl (C=O) groups excluding carboxylic acids is 1. The molecule has 1 amide bonds. The number of fused-ring (bicyclic) bond motifs is 1. The van der Waals surface area contributed by atoms with Gasteiger partial charge in [0.15, 0.2) is 0 Å². The van der Waals surface area contributed by atoms with Crippen LogP contribution in [0, 0.1) is 0 Å². The zero-order chi connectivity index (χ0) is 14.3. The number of amides is 1. The van der Waals surface area contributed by atoms with Crippen molar-refractivity contribution in [3.8, 4) is 0 Å². The van der Waals surface area contributed by atoms with Gasteiger partial charge >= 0.3 is 0 Å². The fourth-order valence-corrected chi connectivity index (χ4v) is 5.88. The van der Waals surface area contributed by atoms with Crippen molar-refractivity contribution < 1.29 is 4.79 Å². The zero-order valence-electron chi connectivity index (χ0n) is 12.1. The van der Waals surface area contributed by atoms with Gasteiger partial charge in [0.1, 0.15) is 0 Å². The van der Waals surface area contributed by atoms with Gasteiger partial charge in [0.2, 0.25) is 0 Å². The molecule has 21 heavy (non-hydrogen) atoms. The van der Waals surface area contributed by atoms with Gasteiger partial charge in [-0.2, -0.15) is 0 Å². The molecule has 3 nitrogen and oxygen atoms in total. The first kappa shape index (κ1) is 13.7. The van der Waals surface area contributed by atoms with Gasteiger partial charge in [0.25, 0.3) is 5.91 Å². The summed E-state index contributed by atoms with van der Waals surface area (Å²) in [6.07, 6.45) is 6.14. The Hall–Kier alpha value is -0.910. The largest absolute Gasteiger partial charge is 0.330 e. The van der Waals surface area contributed by atoms with Crippen LogP contribution in [0.3, 0.4) is 0 Å². The van der Waals surface area contributed by atoms with E-state index in [1.165, 1.54) is 28.7 Å². The van der Waals surface area contributed by atoms with E-state index in [2.05, 4.69) is 27.7 Å². The van der Waals surface area contributed by atoms with Crippen LogP contribution in [0.4, 0.5) is 0 Å². The number of nitrogens with zero attached hydrogens (tertiary/aromatic N) is 1. The number of thiophene rings is 2. The van der Waals surface area contributed by atoms with Gasteiger partial charge in [-0.25, -0.2) is 0 Å². The molecular weight excluding hydrogens is 300 g/mol. The molecule has 0 unspecified atom stereocenters. The number of nitrogens with one attached hydrogen (secondary N) is 1. The highest BCUT2D eigenvalue weighted by Gasteiger charge is 2.42. The smallest absolute Gasteiger partial charge is 0.264 e. The van der Waals surface area contributed by atoms with Crippen LogP contribution in [0.5, 0.6) is 0 Å². The molecule has 2 fully saturated rings. The van der Waals surface area contributed by atoms with Gasteiger partial charge in [-0.15, -0.1) is 22.7 Å². The Morgan fingerprint density at radius 2 is 2.10 bits per heavy atom. The molecule has 2 aromatic heterocycles. The summed E-state index contributed by atoms with van der Waals surface area (Å²) in [5.41, 5.74) is 0.0744. The van der Waals surface area contributed by atoms with E-state index in [-0.39, 0.29) is 11.4 Å². The van der Waals surface area contributed by atoms with Crippen molar-refractivity contribution in [3.63, 3.8) is 0 Å². The van der Waals surface area contributed by atoms with E-state index < -0.39 is 0 Å². The number of carbonyl (C=O) groups is 1. The summed E-state index contributed by atoms with van der Waals surface area (Å²) in [5, 5.41) is 5.61. The molecule has 1 aliphatic heterocycles. The lowest BCUT2D eigenvalue weighted by molar-refractivity contribution is 0.0227. The Labute approximate surface area is 133 Å². The molecule has 2 aromatic rings. The van der Waals surface area contributed by atoms with Gasteiger partial charge in [-0.1, -0.05) is 19.3 Å². The summed E-state index contributed by atoms with van der Waals surface area (Å²) in [6.45, 7) is 2.75. The topological polar surface area (TPSA) is 32.3 Å².